The van der Waals surface area contributed by atoms with Gasteiger partial charge in [-0.3, -0.25) is 4.79 Å². The SMILES string of the molecule is CCOC(=O)c1c(-c2ccc(C)cc2C)csc1NC(=O)c1c(OC)cccc1OC. The highest BCUT2D eigenvalue weighted by molar-refractivity contribution is 7.15. The highest BCUT2D eigenvalue weighted by atomic mass is 32.1. The number of hydrogen-bond donors (Lipinski definition) is 1. The van der Waals surface area contributed by atoms with Crippen molar-refractivity contribution in [2.75, 3.05) is 26.1 Å². The first-order valence-corrected chi connectivity index (χ1v) is 10.7. The van der Waals surface area contributed by atoms with E-state index in [0.717, 1.165) is 22.3 Å². The lowest BCUT2D eigenvalue weighted by Crippen LogP contribution is -2.16. The number of aryl methyl sites for hydroxylation is 2. The quantitative estimate of drug-likeness (QED) is 0.494. The van der Waals surface area contributed by atoms with E-state index in [1.807, 2.05) is 31.4 Å². The van der Waals surface area contributed by atoms with Crippen LogP contribution in [0.15, 0.2) is 41.8 Å². The smallest absolute Gasteiger partial charge is 0.341 e. The molecule has 0 unspecified atom stereocenters. The van der Waals surface area contributed by atoms with E-state index in [-0.39, 0.29) is 12.2 Å². The Labute approximate surface area is 185 Å². The average molecular weight is 440 g/mol. The third-order valence-electron chi connectivity index (χ3n) is 4.82. The van der Waals surface area contributed by atoms with Gasteiger partial charge in [0.15, 0.2) is 0 Å². The fourth-order valence-corrected chi connectivity index (χ4v) is 4.35. The molecule has 31 heavy (non-hydrogen) atoms. The maximum absolute atomic E-state index is 13.1. The summed E-state index contributed by atoms with van der Waals surface area (Å²) in [6.07, 6.45) is 0. The zero-order valence-electron chi connectivity index (χ0n) is 18.2. The lowest BCUT2D eigenvalue weighted by molar-refractivity contribution is 0.0529. The predicted octanol–water partition coefficient (Wildman–Crippen LogP) is 5.48. The molecule has 0 saturated carbocycles. The molecular formula is C24H25NO5S. The molecule has 2 aromatic carbocycles. The minimum atomic E-state index is -0.485. The summed E-state index contributed by atoms with van der Waals surface area (Å²) in [6, 6.07) is 11.1. The molecule has 3 rings (SSSR count). The third kappa shape index (κ3) is 4.56. The van der Waals surface area contributed by atoms with E-state index >= 15 is 0 Å². The van der Waals surface area contributed by atoms with Gasteiger partial charge in [-0.05, 0) is 44.0 Å². The normalized spacial score (nSPS) is 10.5. The second-order valence-corrected chi connectivity index (χ2v) is 7.76. The molecule has 1 amide bonds. The molecule has 0 saturated heterocycles. The Morgan fingerprint density at radius 1 is 0.968 bits per heavy atom. The zero-order chi connectivity index (χ0) is 22.5. The Bertz CT molecular complexity index is 1100. The van der Waals surface area contributed by atoms with E-state index in [1.54, 1.807) is 25.1 Å². The van der Waals surface area contributed by atoms with Crippen LogP contribution in [-0.2, 0) is 4.74 Å². The predicted molar refractivity (Wildman–Crippen MR) is 123 cm³/mol. The van der Waals surface area contributed by atoms with Crippen LogP contribution in [0.25, 0.3) is 11.1 Å². The van der Waals surface area contributed by atoms with E-state index in [0.29, 0.717) is 22.1 Å². The fourth-order valence-electron chi connectivity index (χ4n) is 3.41. The van der Waals surface area contributed by atoms with Crippen molar-refractivity contribution >= 4 is 28.2 Å². The van der Waals surface area contributed by atoms with Crippen LogP contribution < -0.4 is 14.8 Å². The summed E-state index contributed by atoms with van der Waals surface area (Å²) in [4.78, 5) is 26.0. The van der Waals surface area contributed by atoms with Crippen molar-refractivity contribution in [1.82, 2.24) is 0 Å². The van der Waals surface area contributed by atoms with Crippen LogP contribution in [0.1, 0.15) is 38.8 Å². The van der Waals surface area contributed by atoms with Crippen LogP contribution >= 0.6 is 11.3 Å². The minimum absolute atomic E-state index is 0.231. The van der Waals surface area contributed by atoms with Crippen LogP contribution in [-0.4, -0.2) is 32.7 Å². The van der Waals surface area contributed by atoms with Crippen molar-refractivity contribution in [2.45, 2.75) is 20.8 Å². The van der Waals surface area contributed by atoms with Gasteiger partial charge in [-0.1, -0.05) is 29.8 Å². The van der Waals surface area contributed by atoms with Crippen LogP contribution in [0, 0.1) is 13.8 Å². The Balaban J connectivity index is 2.07. The van der Waals surface area contributed by atoms with Crippen LogP contribution in [0.2, 0.25) is 0 Å². The summed E-state index contributed by atoms with van der Waals surface area (Å²) in [5.41, 5.74) is 4.40. The molecule has 0 atom stereocenters. The van der Waals surface area contributed by atoms with Gasteiger partial charge in [0.1, 0.15) is 27.6 Å². The van der Waals surface area contributed by atoms with Gasteiger partial charge in [-0.15, -0.1) is 11.3 Å². The average Bonchev–Trinajstić information content (AvgIpc) is 3.16. The number of carbonyl (C=O) groups excluding carboxylic acids is 2. The van der Waals surface area contributed by atoms with Crippen molar-refractivity contribution < 1.29 is 23.8 Å². The highest BCUT2D eigenvalue weighted by Gasteiger charge is 2.26. The Morgan fingerprint density at radius 3 is 2.23 bits per heavy atom. The lowest BCUT2D eigenvalue weighted by Gasteiger charge is -2.14. The van der Waals surface area contributed by atoms with Crippen molar-refractivity contribution in [3.8, 4) is 22.6 Å². The maximum atomic E-state index is 13.1. The van der Waals surface area contributed by atoms with Crippen molar-refractivity contribution in [2.24, 2.45) is 0 Å². The number of methoxy groups -OCH3 is 2. The molecule has 0 radical (unpaired) electrons. The van der Waals surface area contributed by atoms with Crippen LogP contribution in [0.3, 0.4) is 0 Å². The summed E-state index contributed by atoms with van der Waals surface area (Å²) in [6.45, 7) is 5.99. The molecule has 1 aromatic heterocycles. The van der Waals surface area contributed by atoms with Gasteiger partial charge in [0.25, 0.3) is 5.91 Å². The first-order valence-electron chi connectivity index (χ1n) is 9.79. The number of rotatable bonds is 7. The Morgan fingerprint density at radius 2 is 1.65 bits per heavy atom. The van der Waals surface area contributed by atoms with Crippen LogP contribution in [0.4, 0.5) is 5.00 Å². The number of benzene rings is 2. The summed E-state index contributed by atoms with van der Waals surface area (Å²) in [5, 5.41) is 5.12. The summed E-state index contributed by atoms with van der Waals surface area (Å²) < 4.78 is 16.0. The zero-order valence-corrected chi connectivity index (χ0v) is 19.0. The molecule has 0 fully saturated rings. The number of esters is 1. The number of hydrogen-bond acceptors (Lipinski definition) is 6. The van der Waals surface area contributed by atoms with E-state index in [2.05, 4.69) is 11.4 Å². The standard InChI is InChI=1S/C24H25NO5S/c1-6-30-24(27)20-17(16-11-10-14(2)12-15(16)3)13-31-23(20)25-22(26)21-18(28-4)8-7-9-19(21)29-5/h7-13H,6H2,1-5H3,(H,25,26). The number of anilines is 1. The van der Waals surface area contributed by atoms with E-state index < -0.39 is 11.9 Å². The Hall–Kier alpha value is -3.32. The molecule has 0 bridgehead atoms. The number of nitrogens with one attached hydrogen (secondary N) is 1. The number of ether oxygens (including phenoxy) is 3. The number of amides is 1. The van der Waals surface area contributed by atoms with Crippen molar-refractivity contribution in [3.63, 3.8) is 0 Å². The first-order chi connectivity index (χ1) is 14.9. The Kier molecular flexibility index (Phi) is 6.97. The second kappa shape index (κ2) is 9.66. The molecule has 162 valence electrons. The molecule has 7 heteroatoms. The van der Waals surface area contributed by atoms with E-state index in [9.17, 15) is 9.59 Å². The molecule has 0 spiro atoms. The largest absolute Gasteiger partial charge is 0.496 e. The summed E-state index contributed by atoms with van der Waals surface area (Å²) >= 11 is 1.27. The monoisotopic (exact) mass is 439 g/mol. The molecule has 1 heterocycles. The maximum Gasteiger partial charge on any atom is 0.341 e. The van der Waals surface area contributed by atoms with Gasteiger partial charge in [-0.2, -0.15) is 0 Å². The van der Waals surface area contributed by atoms with E-state index in [4.69, 9.17) is 14.2 Å². The lowest BCUT2D eigenvalue weighted by atomic mass is 9.97. The van der Waals surface area contributed by atoms with Gasteiger partial charge in [0.2, 0.25) is 0 Å². The topological polar surface area (TPSA) is 73.9 Å². The van der Waals surface area contributed by atoms with Gasteiger partial charge < -0.3 is 19.5 Å². The van der Waals surface area contributed by atoms with Gasteiger partial charge in [-0.25, -0.2) is 4.79 Å². The molecular weight excluding hydrogens is 414 g/mol. The van der Waals surface area contributed by atoms with Gasteiger partial charge in [0, 0.05) is 10.9 Å². The summed E-state index contributed by atoms with van der Waals surface area (Å²) in [5.74, 6) is -0.170. The molecule has 1 N–H and O–H groups in total. The van der Waals surface area contributed by atoms with Crippen molar-refractivity contribution in [1.29, 1.82) is 0 Å². The minimum Gasteiger partial charge on any atom is -0.496 e. The number of carbonyl (C=O) groups is 2. The second-order valence-electron chi connectivity index (χ2n) is 6.88. The summed E-state index contributed by atoms with van der Waals surface area (Å²) in [7, 11) is 2.97. The molecule has 3 aromatic rings. The fraction of sp³-hybridized carbons (Fsp3) is 0.250. The molecule has 0 aliphatic carbocycles. The van der Waals surface area contributed by atoms with Gasteiger partial charge in [0.05, 0.1) is 20.8 Å². The van der Waals surface area contributed by atoms with Crippen molar-refractivity contribution in [3.05, 3.63) is 64.0 Å². The first kappa shape index (κ1) is 22.4. The molecule has 6 nitrogen and oxygen atoms in total. The van der Waals surface area contributed by atoms with Gasteiger partial charge >= 0.3 is 5.97 Å². The third-order valence-corrected chi connectivity index (χ3v) is 5.72. The molecule has 0 aliphatic rings. The highest BCUT2D eigenvalue weighted by Crippen LogP contribution is 2.39. The molecule has 0 aliphatic heterocycles. The van der Waals surface area contributed by atoms with Crippen LogP contribution in [0.5, 0.6) is 11.5 Å². The van der Waals surface area contributed by atoms with E-state index in [1.165, 1.54) is 25.6 Å². The number of thiophene rings is 1.